The van der Waals surface area contributed by atoms with Crippen LogP contribution in [0.2, 0.25) is 5.28 Å². The predicted octanol–water partition coefficient (Wildman–Crippen LogP) is 1.00. The molecule has 6 heteroatoms. The molecule has 0 saturated carbocycles. The molecule has 1 fully saturated rings. The van der Waals surface area contributed by atoms with E-state index in [1.807, 2.05) is 0 Å². The van der Waals surface area contributed by atoms with Crippen molar-refractivity contribution in [3.63, 3.8) is 0 Å². The van der Waals surface area contributed by atoms with Gasteiger partial charge in [0, 0.05) is 18.3 Å². The van der Waals surface area contributed by atoms with Crippen LogP contribution in [0.15, 0.2) is 12.3 Å². The number of carbonyl (C=O) groups excluding carboxylic acids is 1. The Labute approximate surface area is 105 Å². The lowest BCUT2D eigenvalue weighted by Crippen LogP contribution is -2.46. The van der Waals surface area contributed by atoms with Crippen LogP contribution in [0.1, 0.15) is 30.3 Å². The van der Waals surface area contributed by atoms with Crippen LogP contribution in [-0.2, 0) is 0 Å². The standard InChI is InChI=1S/C11H15ClN4O/c1-7-6-8(2-4-13-7)15-10(17)9-3-5-14-11(12)16-9/h3,5,7-8,13H,2,4,6H2,1H3,(H,15,17)/t7-,8+/m0/s1. The highest BCUT2D eigenvalue weighted by Gasteiger charge is 2.20. The molecule has 1 saturated heterocycles. The monoisotopic (exact) mass is 254 g/mol. The molecule has 2 heterocycles. The maximum Gasteiger partial charge on any atom is 0.270 e. The molecule has 2 N–H and O–H groups in total. The molecule has 0 bridgehead atoms. The van der Waals surface area contributed by atoms with Gasteiger partial charge >= 0.3 is 0 Å². The first kappa shape index (κ1) is 12.3. The average molecular weight is 255 g/mol. The Morgan fingerprint density at radius 2 is 2.47 bits per heavy atom. The number of hydrogen-bond donors (Lipinski definition) is 2. The molecule has 92 valence electrons. The van der Waals surface area contributed by atoms with Gasteiger partial charge in [0.2, 0.25) is 5.28 Å². The fourth-order valence-corrected chi connectivity index (χ4v) is 2.13. The molecule has 0 unspecified atom stereocenters. The van der Waals surface area contributed by atoms with Gasteiger partial charge in [-0.05, 0) is 44.0 Å². The van der Waals surface area contributed by atoms with Crippen molar-refractivity contribution in [1.82, 2.24) is 20.6 Å². The second kappa shape index (κ2) is 5.42. The van der Waals surface area contributed by atoms with Crippen molar-refractivity contribution in [3.05, 3.63) is 23.2 Å². The number of nitrogens with one attached hydrogen (secondary N) is 2. The summed E-state index contributed by atoms with van der Waals surface area (Å²) in [6.45, 7) is 3.04. The Morgan fingerprint density at radius 1 is 1.65 bits per heavy atom. The summed E-state index contributed by atoms with van der Waals surface area (Å²) in [5, 5.41) is 6.39. The van der Waals surface area contributed by atoms with Crippen molar-refractivity contribution in [1.29, 1.82) is 0 Å². The zero-order chi connectivity index (χ0) is 12.3. The molecule has 1 aromatic rings. The van der Waals surface area contributed by atoms with Crippen molar-refractivity contribution in [3.8, 4) is 0 Å². The minimum absolute atomic E-state index is 0.0938. The van der Waals surface area contributed by atoms with Crippen molar-refractivity contribution in [2.75, 3.05) is 6.54 Å². The molecular weight excluding hydrogens is 240 g/mol. The fourth-order valence-electron chi connectivity index (χ4n) is 1.98. The molecule has 0 spiro atoms. The second-order valence-corrected chi connectivity index (χ2v) is 4.60. The largest absolute Gasteiger partial charge is 0.348 e. The Hall–Kier alpha value is -1.20. The van der Waals surface area contributed by atoms with E-state index in [0.29, 0.717) is 11.7 Å². The lowest BCUT2D eigenvalue weighted by Gasteiger charge is -2.28. The van der Waals surface area contributed by atoms with Gasteiger partial charge in [-0.2, -0.15) is 0 Å². The minimum Gasteiger partial charge on any atom is -0.348 e. The van der Waals surface area contributed by atoms with E-state index in [0.717, 1.165) is 19.4 Å². The zero-order valence-corrected chi connectivity index (χ0v) is 10.4. The summed E-state index contributed by atoms with van der Waals surface area (Å²) in [6.07, 6.45) is 3.36. The average Bonchev–Trinajstić information content (AvgIpc) is 2.29. The Bertz CT molecular complexity index is 412. The number of halogens is 1. The number of piperidine rings is 1. The summed E-state index contributed by atoms with van der Waals surface area (Å²) in [4.78, 5) is 19.5. The quantitative estimate of drug-likeness (QED) is 0.773. The van der Waals surface area contributed by atoms with E-state index < -0.39 is 0 Å². The summed E-state index contributed by atoms with van der Waals surface area (Å²) >= 11 is 5.64. The van der Waals surface area contributed by atoms with E-state index in [4.69, 9.17) is 11.6 Å². The molecular formula is C11H15ClN4O. The van der Waals surface area contributed by atoms with E-state index >= 15 is 0 Å². The van der Waals surface area contributed by atoms with Crippen molar-refractivity contribution in [2.45, 2.75) is 31.8 Å². The third-order valence-corrected chi connectivity index (χ3v) is 3.00. The van der Waals surface area contributed by atoms with Gasteiger partial charge in [-0.3, -0.25) is 4.79 Å². The summed E-state index contributed by atoms with van der Waals surface area (Å²) in [7, 11) is 0. The van der Waals surface area contributed by atoms with E-state index in [1.54, 1.807) is 6.07 Å². The van der Waals surface area contributed by atoms with E-state index in [1.165, 1.54) is 6.20 Å². The molecule has 0 aliphatic carbocycles. The highest BCUT2D eigenvalue weighted by molar-refractivity contribution is 6.28. The molecule has 2 rings (SSSR count). The molecule has 1 aromatic heterocycles. The second-order valence-electron chi connectivity index (χ2n) is 4.26. The number of nitrogens with zero attached hydrogens (tertiary/aromatic N) is 2. The van der Waals surface area contributed by atoms with E-state index in [9.17, 15) is 4.79 Å². The summed E-state index contributed by atoms with van der Waals surface area (Å²) in [5.41, 5.74) is 0.316. The highest BCUT2D eigenvalue weighted by atomic mass is 35.5. The van der Waals surface area contributed by atoms with E-state index in [2.05, 4.69) is 27.5 Å². The molecule has 17 heavy (non-hydrogen) atoms. The van der Waals surface area contributed by atoms with E-state index in [-0.39, 0.29) is 17.2 Å². The van der Waals surface area contributed by atoms with Crippen LogP contribution in [0.5, 0.6) is 0 Å². The number of hydrogen-bond acceptors (Lipinski definition) is 4. The first-order valence-corrected chi connectivity index (χ1v) is 6.06. The SMILES string of the molecule is C[C@H]1C[C@H](NC(=O)c2ccnc(Cl)n2)CCN1. The Kier molecular flexibility index (Phi) is 3.91. The van der Waals surface area contributed by atoms with Crippen molar-refractivity contribution >= 4 is 17.5 Å². The predicted molar refractivity (Wildman–Crippen MR) is 65.0 cm³/mol. The number of rotatable bonds is 2. The molecule has 0 aromatic carbocycles. The maximum atomic E-state index is 11.9. The molecule has 2 atom stereocenters. The van der Waals surface area contributed by atoms with Gasteiger partial charge in [-0.25, -0.2) is 9.97 Å². The lowest BCUT2D eigenvalue weighted by molar-refractivity contribution is 0.0920. The van der Waals surface area contributed by atoms with Gasteiger partial charge in [-0.1, -0.05) is 0 Å². The molecule has 1 aliphatic heterocycles. The normalized spacial score (nSPS) is 24.4. The summed E-state index contributed by atoms with van der Waals surface area (Å²) in [5.74, 6) is -0.187. The Balaban J connectivity index is 1.97. The molecule has 0 radical (unpaired) electrons. The smallest absolute Gasteiger partial charge is 0.270 e. The van der Waals surface area contributed by atoms with Crippen LogP contribution in [0.3, 0.4) is 0 Å². The van der Waals surface area contributed by atoms with Crippen LogP contribution in [-0.4, -0.2) is 34.5 Å². The van der Waals surface area contributed by atoms with Crippen molar-refractivity contribution in [2.24, 2.45) is 0 Å². The number of carbonyl (C=O) groups is 1. The van der Waals surface area contributed by atoms with Crippen LogP contribution >= 0.6 is 11.6 Å². The van der Waals surface area contributed by atoms with Gasteiger partial charge in [0.15, 0.2) is 0 Å². The third kappa shape index (κ3) is 3.38. The van der Waals surface area contributed by atoms with Crippen LogP contribution in [0.4, 0.5) is 0 Å². The van der Waals surface area contributed by atoms with Crippen LogP contribution in [0, 0.1) is 0 Å². The maximum absolute atomic E-state index is 11.9. The zero-order valence-electron chi connectivity index (χ0n) is 9.61. The fraction of sp³-hybridized carbons (Fsp3) is 0.545. The molecule has 5 nitrogen and oxygen atoms in total. The first-order chi connectivity index (χ1) is 8.15. The topological polar surface area (TPSA) is 66.9 Å². The van der Waals surface area contributed by atoms with Gasteiger partial charge in [0.25, 0.3) is 5.91 Å². The van der Waals surface area contributed by atoms with Gasteiger partial charge in [0.1, 0.15) is 5.69 Å². The highest BCUT2D eigenvalue weighted by Crippen LogP contribution is 2.09. The van der Waals surface area contributed by atoms with Gasteiger partial charge in [-0.15, -0.1) is 0 Å². The first-order valence-electron chi connectivity index (χ1n) is 5.68. The molecule has 1 amide bonds. The minimum atomic E-state index is -0.187. The summed E-state index contributed by atoms with van der Waals surface area (Å²) in [6, 6.07) is 2.20. The van der Waals surface area contributed by atoms with Crippen molar-refractivity contribution < 1.29 is 4.79 Å². The third-order valence-electron chi connectivity index (χ3n) is 2.82. The summed E-state index contributed by atoms with van der Waals surface area (Å²) < 4.78 is 0. The lowest BCUT2D eigenvalue weighted by atomic mass is 10.0. The Morgan fingerprint density at radius 3 is 3.18 bits per heavy atom. The van der Waals surface area contributed by atoms with Crippen LogP contribution in [0.25, 0.3) is 0 Å². The van der Waals surface area contributed by atoms with Gasteiger partial charge in [0.05, 0.1) is 0 Å². The number of aromatic nitrogens is 2. The number of amides is 1. The van der Waals surface area contributed by atoms with Crippen LogP contribution < -0.4 is 10.6 Å². The molecule has 1 aliphatic rings. The van der Waals surface area contributed by atoms with Gasteiger partial charge < -0.3 is 10.6 Å².